The van der Waals surface area contributed by atoms with Crippen LogP contribution in [0.2, 0.25) is 0 Å². The molecule has 1 unspecified atom stereocenters. The maximum absolute atomic E-state index is 13.4. The molecular weight excluding hydrogens is 477 g/mol. The van der Waals surface area contributed by atoms with E-state index in [1.54, 1.807) is 6.07 Å². The number of hydrogen-bond donors (Lipinski definition) is 2. The van der Waals surface area contributed by atoms with Crippen molar-refractivity contribution < 1.29 is 22.6 Å². The number of nitrogens with zero attached hydrogens (tertiary/aromatic N) is 4. The Morgan fingerprint density at radius 3 is 2.75 bits per heavy atom. The van der Waals surface area contributed by atoms with Crippen molar-refractivity contribution in [2.45, 2.75) is 12.3 Å². The number of pyridine rings is 1. The highest BCUT2D eigenvalue weighted by Gasteiger charge is 2.31. The van der Waals surface area contributed by atoms with Crippen molar-refractivity contribution in [2.24, 2.45) is 0 Å². The van der Waals surface area contributed by atoms with Gasteiger partial charge in [0.25, 0.3) is 5.56 Å². The molecule has 3 aromatic heterocycles. The van der Waals surface area contributed by atoms with Crippen LogP contribution in [-0.2, 0) is 6.18 Å². The molecule has 0 spiro atoms. The fourth-order valence-electron chi connectivity index (χ4n) is 4.10. The number of hydrogen-bond acceptors (Lipinski definition) is 7. The highest BCUT2D eigenvalue weighted by atomic mass is 19.4. The molecular formula is C24H17F3N6O3. The first-order valence-corrected chi connectivity index (χ1v) is 10.9. The number of benzene rings is 2. The smallest absolute Gasteiger partial charge is 0.416 e. The highest BCUT2D eigenvalue weighted by Crippen LogP contribution is 2.32. The van der Waals surface area contributed by atoms with Crippen molar-refractivity contribution in [3.8, 4) is 17.2 Å². The standard InChI is InChI=1S/C24H17F3N6O3/c25-24(26,27)13-4-3-5-14(8-13)33-21-16(20-17(22(33)34)11-30-32-20)10-29-23(31-21)28-9-15-12-35-18-6-1-2-7-19(18)36-15/h1-8,10-11,15H,9,12H2,(H,30,32)(H,28,29,31). The lowest BCUT2D eigenvalue weighted by Gasteiger charge is -2.26. The fourth-order valence-corrected chi connectivity index (χ4v) is 4.10. The molecule has 2 N–H and O–H groups in total. The van der Waals surface area contributed by atoms with Crippen LogP contribution in [0.1, 0.15) is 5.56 Å². The van der Waals surface area contributed by atoms with Gasteiger partial charge in [0.2, 0.25) is 5.95 Å². The number of aromatic amines is 1. The summed E-state index contributed by atoms with van der Waals surface area (Å²) in [5.41, 5.74) is -0.899. The lowest BCUT2D eigenvalue weighted by Crippen LogP contribution is -2.35. The second kappa shape index (κ2) is 8.26. The maximum Gasteiger partial charge on any atom is 0.416 e. The minimum absolute atomic E-state index is 0.0215. The van der Waals surface area contributed by atoms with E-state index in [9.17, 15) is 18.0 Å². The molecule has 0 radical (unpaired) electrons. The summed E-state index contributed by atoms with van der Waals surface area (Å²) in [5, 5.41) is 10.4. The molecule has 0 aliphatic carbocycles. The number of para-hydroxylation sites is 2. The van der Waals surface area contributed by atoms with Crippen LogP contribution in [0.4, 0.5) is 19.1 Å². The van der Waals surface area contributed by atoms with Gasteiger partial charge in [-0.1, -0.05) is 18.2 Å². The summed E-state index contributed by atoms with van der Waals surface area (Å²) in [6.07, 6.45) is -2.09. The maximum atomic E-state index is 13.4. The zero-order valence-electron chi connectivity index (χ0n) is 18.4. The first-order valence-electron chi connectivity index (χ1n) is 10.9. The van der Waals surface area contributed by atoms with Gasteiger partial charge in [0, 0.05) is 6.20 Å². The van der Waals surface area contributed by atoms with E-state index in [1.807, 2.05) is 18.2 Å². The van der Waals surface area contributed by atoms with Crippen molar-refractivity contribution in [1.82, 2.24) is 24.7 Å². The minimum atomic E-state index is -4.57. The Hall–Kier alpha value is -4.61. The van der Waals surface area contributed by atoms with Crippen LogP contribution in [0, 0.1) is 0 Å². The van der Waals surface area contributed by atoms with Crippen LogP contribution in [0.5, 0.6) is 11.5 Å². The van der Waals surface area contributed by atoms with Crippen LogP contribution in [-0.4, -0.2) is 44.0 Å². The van der Waals surface area contributed by atoms with Crippen LogP contribution < -0.4 is 20.3 Å². The Labute approximate surface area is 200 Å². The molecule has 5 aromatic rings. The lowest BCUT2D eigenvalue weighted by molar-refractivity contribution is -0.137. The zero-order chi connectivity index (χ0) is 24.9. The van der Waals surface area contributed by atoms with Crippen LogP contribution >= 0.6 is 0 Å². The molecule has 1 aliphatic heterocycles. The van der Waals surface area contributed by atoms with Gasteiger partial charge in [0.05, 0.1) is 40.3 Å². The minimum Gasteiger partial charge on any atom is -0.486 e. The van der Waals surface area contributed by atoms with Crippen molar-refractivity contribution >= 4 is 27.9 Å². The topological polar surface area (TPSA) is 107 Å². The average Bonchev–Trinajstić information content (AvgIpc) is 3.38. The second-order valence-electron chi connectivity index (χ2n) is 8.16. The Morgan fingerprint density at radius 1 is 1.08 bits per heavy atom. The third-order valence-corrected chi connectivity index (χ3v) is 5.81. The van der Waals surface area contributed by atoms with E-state index in [0.29, 0.717) is 35.6 Å². The summed E-state index contributed by atoms with van der Waals surface area (Å²) in [4.78, 5) is 22.1. The van der Waals surface area contributed by atoms with Gasteiger partial charge in [-0.3, -0.25) is 14.5 Å². The van der Waals surface area contributed by atoms with E-state index < -0.39 is 17.3 Å². The van der Waals surface area contributed by atoms with Crippen molar-refractivity contribution in [3.63, 3.8) is 0 Å². The molecule has 182 valence electrons. The molecule has 9 nitrogen and oxygen atoms in total. The molecule has 6 rings (SSSR count). The quantitative estimate of drug-likeness (QED) is 0.390. The molecule has 1 atom stereocenters. The summed E-state index contributed by atoms with van der Waals surface area (Å²) >= 11 is 0. The van der Waals surface area contributed by atoms with E-state index in [1.165, 1.54) is 24.5 Å². The predicted octanol–water partition coefficient (Wildman–Crippen LogP) is 3.93. The van der Waals surface area contributed by atoms with Gasteiger partial charge < -0.3 is 14.8 Å². The Morgan fingerprint density at radius 2 is 1.92 bits per heavy atom. The number of fused-ring (bicyclic) bond motifs is 4. The van der Waals surface area contributed by atoms with Gasteiger partial charge in [-0.2, -0.15) is 23.3 Å². The van der Waals surface area contributed by atoms with Crippen molar-refractivity contribution in [2.75, 3.05) is 18.5 Å². The van der Waals surface area contributed by atoms with E-state index in [-0.39, 0.29) is 28.8 Å². The number of anilines is 1. The number of rotatable bonds is 4. The van der Waals surface area contributed by atoms with E-state index >= 15 is 0 Å². The summed E-state index contributed by atoms with van der Waals surface area (Å²) in [5.74, 6) is 1.45. The van der Waals surface area contributed by atoms with Gasteiger partial charge in [-0.05, 0) is 30.3 Å². The lowest BCUT2D eigenvalue weighted by atomic mass is 10.1. The Kier molecular flexibility index (Phi) is 5.02. The van der Waals surface area contributed by atoms with E-state index in [2.05, 4.69) is 25.5 Å². The number of halogens is 3. The molecule has 36 heavy (non-hydrogen) atoms. The first kappa shape index (κ1) is 21.9. The molecule has 4 heterocycles. The number of aromatic nitrogens is 5. The average molecular weight is 494 g/mol. The third-order valence-electron chi connectivity index (χ3n) is 5.81. The number of H-pyrrole nitrogens is 1. The predicted molar refractivity (Wildman–Crippen MR) is 125 cm³/mol. The molecule has 0 saturated heterocycles. The third kappa shape index (κ3) is 3.76. The number of alkyl halides is 3. The second-order valence-corrected chi connectivity index (χ2v) is 8.16. The summed E-state index contributed by atoms with van der Waals surface area (Å²) in [6, 6.07) is 11.8. The molecule has 2 aromatic carbocycles. The summed E-state index contributed by atoms with van der Waals surface area (Å²) in [7, 11) is 0. The van der Waals surface area contributed by atoms with Crippen LogP contribution in [0.3, 0.4) is 0 Å². The van der Waals surface area contributed by atoms with Crippen molar-refractivity contribution in [3.05, 3.63) is 76.8 Å². The van der Waals surface area contributed by atoms with Gasteiger partial charge in [-0.15, -0.1) is 0 Å². The SMILES string of the molecule is O=c1c2cn[nH]c2c2cnc(NCC3COc4ccccc4O3)nc2n1-c1cccc(C(F)(F)F)c1. The molecule has 0 fully saturated rings. The molecule has 0 saturated carbocycles. The highest BCUT2D eigenvalue weighted by molar-refractivity contribution is 6.02. The Bertz CT molecular complexity index is 1660. The van der Waals surface area contributed by atoms with E-state index in [0.717, 1.165) is 16.7 Å². The summed E-state index contributed by atoms with van der Waals surface area (Å²) in [6.45, 7) is 0.598. The normalized spacial score (nSPS) is 15.4. The van der Waals surface area contributed by atoms with Gasteiger partial charge >= 0.3 is 6.18 Å². The fraction of sp³-hybridized carbons (Fsp3) is 0.167. The van der Waals surface area contributed by atoms with Crippen LogP contribution in [0.25, 0.3) is 27.6 Å². The zero-order valence-corrected chi connectivity index (χ0v) is 18.4. The van der Waals surface area contributed by atoms with Gasteiger partial charge in [0.1, 0.15) is 12.7 Å². The summed E-state index contributed by atoms with van der Waals surface area (Å²) < 4.78 is 52.9. The number of nitrogens with one attached hydrogen (secondary N) is 2. The monoisotopic (exact) mass is 494 g/mol. The largest absolute Gasteiger partial charge is 0.486 e. The molecule has 12 heteroatoms. The first-order chi connectivity index (χ1) is 17.4. The Balaban J connectivity index is 1.40. The van der Waals surface area contributed by atoms with Crippen molar-refractivity contribution in [1.29, 1.82) is 0 Å². The van der Waals surface area contributed by atoms with E-state index in [4.69, 9.17) is 9.47 Å². The number of ether oxygens (including phenoxy) is 2. The van der Waals surface area contributed by atoms with Crippen LogP contribution in [0.15, 0.2) is 65.7 Å². The molecule has 1 aliphatic rings. The molecule has 0 amide bonds. The van der Waals surface area contributed by atoms with Gasteiger partial charge in [-0.25, -0.2) is 4.98 Å². The molecule has 0 bridgehead atoms. The van der Waals surface area contributed by atoms with Gasteiger partial charge in [0.15, 0.2) is 17.1 Å².